The Kier molecular flexibility index (Phi) is 5.45. The number of nitrogens with one attached hydrogen (secondary N) is 1. The molecule has 1 aliphatic heterocycles. The molecule has 0 spiro atoms. The lowest BCUT2D eigenvalue weighted by atomic mass is 9.80. The van der Waals surface area contributed by atoms with Crippen molar-refractivity contribution in [3.05, 3.63) is 0 Å². The van der Waals surface area contributed by atoms with Crippen LogP contribution in [-0.4, -0.2) is 36.9 Å². The lowest BCUT2D eigenvalue weighted by molar-refractivity contribution is -0.127. The van der Waals surface area contributed by atoms with E-state index in [9.17, 15) is 4.79 Å². The van der Waals surface area contributed by atoms with Gasteiger partial charge in [0.2, 0.25) is 5.91 Å². The molecular formula is C14H25NO3. The number of aliphatic hydroxyl groups excluding tert-OH is 1. The zero-order valence-electron chi connectivity index (χ0n) is 11.1. The van der Waals surface area contributed by atoms with Crippen LogP contribution in [0.4, 0.5) is 0 Å². The van der Waals surface area contributed by atoms with Crippen LogP contribution < -0.4 is 5.32 Å². The number of ether oxygens (including phenoxy) is 1. The largest absolute Gasteiger partial charge is 0.396 e. The SMILES string of the molecule is O=C(NC1CCOCC1)C1CCC(CCO)CC1. The van der Waals surface area contributed by atoms with Crippen molar-refractivity contribution < 1.29 is 14.6 Å². The number of hydrogen-bond acceptors (Lipinski definition) is 3. The Morgan fingerprint density at radius 3 is 2.39 bits per heavy atom. The van der Waals surface area contributed by atoms with E-state index in [1.807, 2.05) is 0 Å². The molecule has 0 bridgehead atoms. The Balaban J connectivity index is 1.70. The first-order valence-corrected chi connectivity index (χ1v) is 7.28. The van der Waals surface area contributed by atoms with Crippen LogP contribution in [0.15, 0.2) is 0 Å². The lowest BCUT2D eigenvalue weighted by Crippen LogP contribution is -2.42. The fourth-order valence-corrected chi connectivity index (χ4v) is 3.06. The summed E-state index contributed by atoms with van der Waals surface area (Å²) >= 11 is 0. The van der Waals surface area contributed by atoms with Gasteiger partial charge in [0.05, 0.1) is 0 Å². The number of rotatable bonds is 4. The Hall–Kier alpha value is -0.610. The van der Waals surface area contributed by atoms with Gasteiger partial charge in [-0.25, -0.2) is 0 Å². The summed E-state index contributed by atoms with van der Waals surface area (Å²) in [5.41, 5.74) is 0. The highest BCUT2D eigenvalue weighted by Crippen LogP contribution is 2.30. The first-order valence-electron chi connectivity index (χ1n) is 7.28. The van der Waals surface area contributed by atoms with E-state index in [4.69, 9.17) is 9.84 Å². The number of hydrogen-bond donors (Lipinski definition) is 2. The third kappa shape index (κ3) is 3.95. The number of carbonyl (C=O) groups excluding carboxylic acids is 1. The second-order valence-electron chi connectivity index (χ2n) is 5.63. The molecule has 0 unspecified atom stereocenters. The molecule has 4 heteroatoms. The molecular weight excluding hydrogens is 230 g/mol. The van der Waals surface area contributed by atoms with Gasteiger partial charge in [0.15, 0.2) is 0 Å². The van der Waals surface area contributed by atoms with Crippen molar-refractivity contribution in [1.82, 2.24) is 5.32 Å². The maximum absolute atomic E-state index is 12.1. The lowest BCUT2D eigenvalue weighted by Gasteiger charge is -2.30. The van der Waals surface area contributed by atoms with E-state index in [2.05, 4.69) is 5.32 Å². The summed E-state index contributed by atoms with van der Waals surface area (Å²) in [5, 5.41) is 12.1. The molecule has 4 nitrogen and oxygen atoms in total. The van der Waals surface area contributed by atoms with Crippen LogP contribution in [0.25, 0.3) is 0 Å². The van der Waals surface area contributed by atoms with Gasteiger partial charge in [-0.3, -0.25) is 4.79 Å². The Morgan fingerprint density at radius 1 is 1.11 bits per heavy atom. The minimum Gasteiger partial charge on any atom is -0.396 e. The first kappa shape index (κ1) is 13.8. The smallest absolute Gasteiger partial charge is 0.223 e. The molecule has 0 radical (unpaired) electrons. The summed E-state index contributed by atoms with van der Waals surface area (Å²) in [5.74, 6) is 1.06. The molecule has 0 aromatic carbocycles. The zero-order valence-corrected chi connectivity index (χ0v) is 11.1. The van der Waals surface area contributed by atoms with Crippen molar-refractivity contribution in [3.63, 3.8) is 0 Å². The second kappa shape index (κ2) is 7.10. The topological polar surface area (TPSA) is 58.6 Å². The van der Waals surface area contributed by atoms with Crippen LogP contribution in [-0.2, 0) is 9.53 Å². The molecule has 1 aliphatic carbocycles. The first-order chi connectivity index (χ1) is 8.79. The standard InChI is InChI=1S/C14H25NO3/c16-8-5-11-1-3-12(4-2-11)14(17)15-13-6-9-18-10-7-13/h11-13,16H,1-10H2,(H,15,17). The average molecular weight is 255 g/mol. The van der Waals surface area contributed by atoms with Gasteiger partial charge >= 0.3 is 0 Å². The van der Waals surface area contributed by atoms with Gasteiger partial charge < -0.3 is 15.2 Å². The van der Waals surface area contributed by atoms with Crippen LogP contribution in [0.3, 0.4) is 0 Å². The highest BCUT2D eigenvalue weighted by molar-refractivity contribution is 5.79. The molecule has 1 heterocycles. The molecule has 0 atom stereocenters. The third-order valence-electron chi connectivity index (χ3n) is 4.32. The average Bonchev–Trinajstić information content (AvgIpc) is 2.41. The van der Waals surface area contributed by atoms with Crippen molar-refractivity contribution in [2.24, 2.45) is 11.8 Å². The number of carbonyl (C=O) groups is 1. The summed E-state index contributed by atoms with van der Waals surface area (Å²) < 4.78 is 5.29. The van der Waals surface area contributed by atoms with Crippen molar-refractivity contribution in [1.29, 1.82) is 0 Å². The second-order valence-corrected chi connectivity index (χ2v) is 5.63. The van der Waals surface area contributed by atoms with E-state index in [1.54, 1.807) is 0 Å². The number of aliphatic hydroxyl groups is 1. The molecule has 1 saturated carbocycles. The molecule has 2 rings (SSSR count). The molecule has 2 N–H and O–H groups in total. The van der Waals surface area contributed by atoms with Crippen LogP contribution in [0.5, 0.6) is 0 Å². The monoisotopic (exact) mass is 255 g/mol. The summed E-state index contributed by atoms with van der Waals surface area (Å²) in [7, 11) is 0. The molecule has 0 aromatic rings. The minimum absolute atomic E-state index is 0.197. The van der Waals surface area contributed by atoms with E-state index in [1.165, 1.54) is 0 Å². The quantitative estimate of drug-likeness (QED) is 0.800. The third-order valence-corrected chi connectivity index (χ3v) is 4.32. The Morgan fingerprint density at radius 2 is 1.78 bits per heavy atom. The predicted octanol–water partition coefficient (Wildman–Crippen LogP) is 1.47. The van der Waals surface area contributed by atoms with Gasteiger partial charge in [0.1, 0.15) is 0 Å². The van der Waals surface area contributed by atoms with Crippen LogP contribution in [0.2, 0.25) is 0 Å². The maximum atomic E-state index is 12.1. The predicted molar refractivity (Wildman–Crippen MR) is 69.1 cm³/mol. The van der Waals surface area contributed by atoms with Crippen LogP contribution in [0.1, 0.15) is 44.9 Å². The van der Waals surface area contributed by atoms with E-state index < -0.39 is 0 Å². The fourth-order valence-electron chi connectivity index (χ4n) is 3.06. The number of amides is 1. The normalized spacial score (nSPS) is 30.1. The highest BCUT2D eigenvalue weighted by Gasteiger charge is 2.27. The van der Waals surface area contributed by atoms with Gasteiger partial charge in [-0.2, -0.15) is 0 Å². The summed E-state index contributed by atoms with van der Waals surface area (Å²) in [6.07, 6.45) is 6.95. The highest BCUT2D eigenvalue weighted by atomic mass is 16.5. The minimum atomic E-state index is 0.197. The molecule has 1 saturated heterocycles. The van der Waals surface area contributed by atoms with Crippen molar-refractivity contribution in [2.45, 2.75) is 51.0 Å². The Bertz CT molecular complexity index is 256. The fraction of sp³-hybridized carbons (Fsp3) is 0.929. The van der Waals surface area contributed by atoms with Crippen molar-refractivity contribution in [2.75, 3.05) is 19.8 Å². The molecule has 2 fully saturated rings. The zero-order chi connectivity index (χ0) is 12.8. The van der Waals surface area contributed by atoms with Crippen molar-refractivity contribution in [3.8, 4) is 0 Å². The van der Waals surface area contributed by atoms with Gasteiger partial charge in [-0.1, -0.05) is 0 Å². The van der Waals surface area contributed by atoms with Gasteiger partial charge in [-0.15, -0.1) is 0 Å². The summed E-state index contributed by atoms with van der Waals surface area (Å²) in [4.78, 5) is 12.1. The van der Waals surface area contributed by atoms with Crippen LogP contribution in [0, 0.1) is 11.8 Å². The van der Waals surface area contributed by atoms with Crippen LogP contribution >= 0.6 is 0 Å². The van der Waals surface area contributed by atoms with E-state index in [0.29, 0.717) is 12.0 Å². The Labute approximate surface area is 109 Å². The van der Waals surface area contributed by atoms with Gasteiger partial charge in [-0.05, 0) is 50.9 Å². The van der Waals surface area contributed by atoms with E-state index in [0.717, 1.165) is 58.2 Å². The molecule has 0 aromatic heterocycles. The van der Waals surface area contributed by atoms with Gasteiger partial charge in [0.25, 0.3) is 0 Å². The van der Waals surface area contributed by atoms with E-state index >= 15 is 0 Å². The van der Waals surface area contributed by atoms with Gasteiger partial charge in [0, 0.05) is 31.8 Å². The molecule has 104 valence electrons. The molecule has 18 heavy (non-hydrogen) atoms. The summed E-state index contributed by atoms with van der Waals surface area (Å²) in [6, 6.07) is 0.321. The molecule has 2 aliphatic rings. The maximum Gasteiger partial charge on any atom is 0.223 e. The van der Waals surface area contributed by atoms with Crippen molar-refractivity contribution >= 4 is 5.91 Å². The van der Waals surface area contributed by atoms with E-state index in [-0.39, 0.29) is 18.4 Å². The molecule has 1 amide bonds. The summed E-state index contributed by atoms with van der Waals surface area (Å²) in [6.45, 7) is 1.83.